The van der Waals surface area contributed by atoms with Gasteiger partial charge in [-0.15, -0.1) is 0 Å². The summed E-state index contributed by atoms with van der Waals surface area (Å²) in [4.78, 5) is 2.63. The van der Waals surface area contributed by atoms with E-state index in [2.05, 4.69) is 32.8 Å². The van der Waals surface area contributed by atoms with Crippen LogP contribution in [0.15, 0.2) is 0 Å². The smallest absolute Gasteiger partial charge is 0.0619 e. The van der Waals surface area contributed by atoms with Crippen molar-refractivity contribution in [3.05, 3.63) is 0 Å². The molecule has 0 bridgehead atoms. The van der Waals surface area contributed by atoms with Crippen LogP contribution in [0.25, 0.3) is 0 Å². The monoisotopic (exact) mass is 280 g/mol. The number of alkyl halides is 1. The molecule has 2 saturated heterocycles. The molecular weight excluding hydrogens is 263 g/mol. The Kier molecular flexibility index (Phi) is 3.26. The van der Waals surface area contributed by atoms with E-state index in [4.69, 9.17) is 0 Å². The van der Waals surface area contributed by atoms with Crippen LogP contribution < -0.4 is 5.32 Å². The molecule has 2 heterocycles. The van der Waals surface area contributed by atoms with Crippen LogP contribution in [0.3, 0.4) is 0 Å². The third kappa shape index (κ3) is 2.12. The van der Waals surface area contributed by atoms with Crippen LogP contribution in [0.5, 0.6) is 0 Å². The van der Waals surface area contributed by atoms with Crippen LogP contribution in [-0.2, 0) is 0 Å². The quantitative estimate of drug-likeness (QED) is 0.469. The van der Waals surface area contributed by atoms with Crippen molar-refractivity contribution in [1.82, 2.24) is 10.2 Å². The van der Waals surface area contributed by atoms with Gasteiger partial charge in [0.1, 0.15) is 0 Å². The van der Waals surface area contributed by atoms with E-state index in [1.165, 1.54) is 45.3 Å². The Morgan fingerprint density at radius 3 is 2.83 bits per heavy atom. The number of rotatable bonds is 2. The van der Waals surface area contributed by atoms with Crippen LogP contribution in [0, 0.1) is 0 Å². The fourth-order valence-electron chi connectivity index (χ4n) is 2.19. The standard InChI is InChI=1S/C9H17IN2/c10-9-4-2-6-12(9)7-8-3-1-5-11-8/h8-9,11H,1-7H2. The molecule has 0 aliphatic carbocycles. The van der Waals surface area contributed by atoms with Crippen LogP contribution in [-0.4, -0.2) is 34.6 Å². The maximum atomic E-state index is 3.56. The summed E-state index contributed by atoms with van der Waals surface area (Å²) in [7, 11) is 0. The second-order valence-electron chi connectivity index (χ2n) is 3.86. The Morgan fingerprint density at radius 2 is 2.25 bits per heavy atom. The van der Waals surface area contributed by atoms with Gasteiger partial charge in [0.25, 0.3) is 0 Å². The number of halogens is 1. The second-order valence-corrected chi connectivity index (χ2v) is 5.30. The minimum Gasteiger partial charge on any atom is -0.313 e. The topological polar surface area (TPSA) is 15.3 Å². The van der Waals surface area contributed by atoms with E-state index in [9.17, 15) is 0 Å². The van der Waals surface area contributed by atoms with Crippen molar-refractivity contribution in [3.63, 3.8) is 0 Å². The third-order valence-corrected chi connectivity index (χ3v) is 4.31. The number of likely N-dealkylation sites (tertiary alicyclic amines) is 1. The van der Waals surface area contributed by atoms with Crippen LogP contribution in [0.1, 0.15) is 25.7 Å². The van der Waals surface area contributed by atoms with Crippen LogP contribution in [0.4, 0.5) is 0 Å². The van der Waals surface area contributed by atoms with Gasteiger partial charge < -0.3 is 5.32 Å². The average molecular weight is 280 g/mol. The van der Waals surface area contributed by atoms with Crippen LogP contribution in [0.2, 0.25) is 0 Å². The molecule has 70 valence electrons. The third-order valence-electron chi connectivity index (χ3n) is 2.90. The number of hydrogen-bond donors (Lipinski definition) is 1. The molecule has 2 unspecified atom stereocenters. The predicted molar refractivity (Wildman–Crippen MR) is 59.6 cm³/mol. The van der Waals surface area contributed by atoms with Crippen molar-refractivity contribution in [2.45, 2.75) is 35.8 Å². The number of hydrogen-bond acceptors (Lipinski definition) is 2. The minimum atomic E-state index is 0.792. The molecule has 1 N–H and O–H groups in total. The molecule has 2 rings (SSSR count). The van der Waals surface area contributed by atoms with Gasteiger partial charge in [-0.3, -0.25) is 4.90 Å². The molecule has 2 nitrogen and oxygen atoms in total. The molecule has 2 atom stereocenters. The van der Waals surface area contributed by atoms with Crippen molar-refractivity contribution in [3.8, 4) is 0 Å². The summed E-state index contributed by atoms with van der Waals surface area (Å²) in [5, 5.41) is 3.56. The summed E-state index contributed by atoms with van der Waals surface area (Å²) in [5.41, 5.74) is 0. The highest BCUT2D eigenvalue weighted by molar-refractivity contribution is 14.1. The summed E-state index contributed by atoms with van der Waals surface area (Å²) in [6, 6.07) is 0.792. The van der Waals surface area contributed by atoms with Gasteiger partial charge in [0.15, 0.2) is 0 Å². The van der Waals surface area contributed by atoms with Gasteiger partial charge in [0.2, 0.25) is 0 Å². The Bertz CT molecular complexity index is 145. The summed E-state index contributed by atoms with van der Waals surface area (Å²) in [5.74, 6) is 0. The molecule has 0 aromatic heterocycles. The molecule has 0 saturated carbocycles. The zero-order valence-electron chi connectivity index (χ0n) is 7.43. The van der Waals surface area contributed by atoms with E-state index in [0.717, 1.165) is 10.1 Å². The lowest BCUT2D eigenvalue weighted by atomic mass is 10.2. The second kappa shape index (κ2) is 4.24. The first-order chi connectivity index (χ1) is 5.86. The fraction of sp³-hybridized carbons (Fsp3) is 1.00. The average Bonchev–Trinajstić information content (AvgIpc) is 2.65. The van der Waals surface area contributed by atoms with Gasteiger partial charge in [0, 0.05) is 12.6 Å². The Labute approximate surface area is 88.2 Å². The Morgan fingerprint density at radius 1 is 1.33 bits per heavy atom. The molecule has 12 heavy (non-hydrogen) atoms. The summed E-state index contributed by atoms with van der Waals surface area (Å²) in [6.07, 6.45) is 5.57. The first-order valence-corrected chi connectivity index (χ1v) is 6.22. The maximum absolute atomic E-state index is 3.56. The van der Waals surface area contributed by atoms with Gasteiger partial charge in [-0.25, -0.2) is 0 Å². The number of nitrogens with zero attached hydrogens (tertiary/aromatic N) is 1. The van der Waals surface area contributed by atoms with Gasteiger partial charge in [-0.1, -0.05) is 22.6 Å². The fourth-order valence-corrected chi connectivity index (χ4v) is 3.13. The van der Waals surface area contributed by atoms with E-state index >= 15 is 0 Å². The van der Waals surface area contributed by atoms with Crippen molar-refractivity contribution in [2.75, 3.05) is 19.6 Å². The molecule has 0 aromatic carbocycles. The molecular formula is C9H17IN2. The highest BCUT2D eigenvalue weighted by Crippen LogP contribution is 2.23. The zero-order chi connectivity index (χ0) is 8.39. The molecule has 2 fully saturated rings. The van der Waals surface area contributed by atoms with E-state index in [1.54, 1.807) is 0 Å². The first kappa shape index (κ1) is 9.21. The van der Waals surface area contributed by atoms with E-state index in [1.807, 2.05) is 0 Å². The van der Waals surface area contributed by atoms with E-state index < -0.39 is 0 Å². The van der Waals surface area contributed by atoms with Crippen molar-refractivity contribution >= 4 is 22.6 Å². The zero-order valence-corrected chi connectivity index (χ0v) is 9.59. The van der Waals surface area contributed by atoms with Gasteiger partial charge >= 0.3 is 0 Å². The molecule has 2 aliphatic rings. The molecule has 2 aliphatic heterocycles. The first-order valence-electron chi connectivity index (χ1n) is 4.98. The lowest BCUT2D eigenvalue weighted by Crippen LogP contribution is -2.38. The van der Waals surface area contributed by atoms with Gasteiger partial charge in [-0.2, -0.15) is 0 Å². The van der Waals surface area contributed by atoms with Crippen molar-refractivity contribution in [2.24, 2.45) is 0 Å². The predicted octanol–water partition coefficient (Wildman–Crippen LogP) is 1.60. The number of nitrogens with one attached hydrogen (secondary N) is 1. The molecule has 0 spiro atoms. The minimum absolute atomic E-state index is 0.792. The Hall–Kier alpha value is 0.650. The molecule has 0 radical (unpaired) electrons. The lowest BCUT2D eigenvalue weighted by Gasteiger charge is -2.23. The van der Waals surface area contributed by atoms with Gasteiger partial charge in [0.05, 0.1) is 4.05 Å². The van der Waals surface area contributed by atoms with E-state index in [-0.39, 0.29) is 0 Å². The highest BCUT2D eigenvalue weighted by atomic mass is 127. The highest BCUT2D eigenvalue weighted by Gasteiger charge is 2.25. The Balaban J connectivity index is 1.77. The summed E-state index contributed by atoms with van der Waals surface area (Å²) in [6.45, 7) is 3.85. The van der Waals surface area contributed by atoms with Crippen LogP contribution >= 0.6 is 22.6 Å². The summed E-state index contributed by atoms with van der Waals surface area (Å²) < 4.78 is 0.810. The normalized spacial score (nSPS) is 37.8. The van der Waals surface area contributed by atoms with Crippen molar-refractivity contribution < 1.29 is 0 Å². The SMILES string of the molecule is IC1CCCN1CC1CCCN1. The van der Waals surface area contributed by atoms with Gasteiger partial charge in [-0.05, 0) is 38.8 Å². The lowest BCUT2D eigenvalue weighted by molar-refractivity contribution is 0.293. The molecule has 3 heteroatoms. The summed E-state index contributed by atoms with van der Waals surface area (Å²) >= 11 is 2.58. The van der Waals surface area contributed by atoms with Crippen molar-refractivity contribution in [1.29, 1.82) is 0 Å². The maximum Gasteiger partial charge on any atom is 0.0619 e. The molecule has 0 amide bonds. The van der Waals surface area contributed by atoms with E-state index in [0.29, 0.717) is 0 Å². The molecule has 0 aromatic rings. The largest absolute Gasteiger partial charge is 0.313 e.